The van der Waals surface area contributed by atoms with Crippen LogP contribution in [-0.4, -0.2) is 24.3 Å². The number of hydrogen-bond acceptors (Lipinski definition) is 5. The van der Waals surface area contributed by atoms with Crippen molar-refractivity contribution in [2.24, 2.45) is 17.1 Å². The number of nitrogens with two attached hydrogens (primary N) is 1. The molecule has 0 saturated heterocycles. The van der Waals surface area contributed by atoms with Gasteiger partial charge in [0.15, 0.2) is 0 Å². The maximum Gasteiger partial charge on any atom is 0.373 e. The van der Waals surface area contributed by atoms with E-state index in [9.17, 15) is 4.79 Å². The largest absolute Gasteiger partial charge is 0.460 e. The summed E-state index contributed by atoms with van der Waals surface area (Å²) in [5.74, 6) is 0.0215. The van der Waals surface area contributed by atoms with Crippen molar-refractivity contribution in [3.05, 3.63) is 0 Å². The summed E-state index contributed by atoms with van der Waals surface area (Å²) in [6.45, 7) is 8.63. The van der Waals surface area contributed by atoms with Crippen molar-refractivity contribution in [2.75, 3.05) is 6.54 Å². The third-order valence-corrected chi connectivity index (χ3v) is 3.66. The maximum absolute atomic E-state index is 12.0. The maximum atomic E-state index is 12.0. The van der Waals surface area contributed by atoms with Crippen LogP contribution in [0.3, 0.4) is 0 Å². The van der Waals surface area contributed by atoms with Crippen molar-refractivity contribution in [2.45, 2.75) is 65.4 Å². The van der Waals surface area contributed by atoms with Crippen LogP contribution in [0.5, 0.6) is 0 Å². The van der Waals surface area contributed by atoms with E-state index in [1.165, 1.54) is 0 Å². The number of ether oxygens (including phenoxy) is 1. The molecular weight excluding hydrogens is 258 g/mol. The van der Waals surface area contributed by atoms with E-state index < -0.39 is 0 Å². The molecule has 5 heteroatoms. The van der Waals surface area contributed by atoms with Gasteiger partial charge in [-0.15, -0.1) is 0 Å². The Balaban J connectivity index is 0.00000110. The Morgan fingerprint density at radius 2 is 1.95 bits per heavy atom. The van der Waals surface area contributed by atoms with Gasteiger partial charge in [0.25, 0.3) is 0 Å². The second kappa shape index (κ2) is 8.18. The van der Waals surface area contributed by atoms with Gasteiger partial charge >= 0.3 is 12.1 Å². The van der Waals surface area contributed by atoms with Crippen molar-refractivity contribution < 1.29 is 19.1 Å². The molecule has 1 saturated carbocycles. The van der Waals surface area contributed by atoms with Gasteiger partial charge in [-0.2, -0.15) is 9.59 Å². The Kier molecular flexibility index (Phi) is 7.69. The van der Waals surface area contributed by atoms with Crippen molar-refractivity contribution >= 4 is 12.1 Å². The van der Waals surface area contributed by atoms with Gasteiger partial charge in [-0.1, -0.05) is 13.3 Å². The summed E-state index contributed by atoms with van der Waals surface area (Å²) in [5.41, 5.74) is 5.70. The van der Waals surface area contributed by atoms with Gasteiger partial charge < -0.3 is 10.5 Å². The molecule has 0 spiro atoms. The van der Waals surface area contributed by atoms with Crippen LogP contribution in [0.2, 0.25) is 0 Å². The summed E-state index contributed by atoms with van der Waals surface area (Å²) >= 11 is 0. The molecule has 0 bridgehead atoms. The van der Waals surface area contributed by atoms with Crippen LogP contribution in [0.25, 0.3) is 0 Å². The van der Waals surface area contributed by atoms with E-state index in [4.69, 9.17) is 20.1 Å². The molecule has 1 rings (SSSR count). The molecule has 0 aromatic heterocycles. The van der Waals surface area contributed by atoms with Crippen molar-refractivity contribution in [1.29, 1.82) is 0 Å². The third kappa shape index (κ3) is 6.31. The molecule has 0 amide bonds. The standard InChI is InChI=1S/C14H27NO2.CO2/c1-5-7-14(10-15)8-6-11(9-14)12(16)17-13(2,3)4;2-1-3/h11H,5-10,15H2,1-4H3;/t11-,14?;/m0./s1. The van der Waals surface area contributed by atoms with Gasteiger partial charge in [-0.3, -0.25) is 4.79 Å². The second-order valence-electron chi connectivity index (χ2n) is 6.51. The molecule has 0 heterocycles. The van der Waals surface area contributed by atoms with E-state index in [0.717, 1.165) is 32.1 Å². The lowest BCUT2D eigenvalue weighted by molar-refractivity contribution is -0.191. The molecule has 0 aromatic rings. The number of esters is 1. The predicted molar refractivity (Wildman–Crippen MR) is 74.6 cm³/mol. The fraction of sp³-hybridized carbons (Fsp3) is 0.867. The predicted octanol–water partition coefficient (Wildman–Crippen LogP) is 2.29. The Labute approximate surface area is 121 Å². The minimum Gasteiger partial charge on any atom is -0.460 e. The fourth-order valence-electron chi connectivity index (χ4n) is 2.84. The molecule has 0 aromatic carbocycles. The number of hydrogen-bond donors (Lipinski definition) is 1. The summed E-state index contributed by atoms with van der Waals surface area (Å²) < 4.78 is 5.46. The summed E-state index contributed by atoms with van der Waals surface area (Å²) in [6, 6.07) is 0. The zero-order valence-corrected chi connectivity index (χ0v) is 13.0. The molecule has 0 aliphatic heterocycles. The molecule has 1 fully saturated rings. The molecule has 1 aliphatic rings. The normalized spacial score (nSPS) is 25.4. The zero-order valence-electron chi connectivity index (χ0n) is 13.0. The van der Waals surface area contributed by atoms with Crippen molar-refractivity contribution in [3.63, 3.8) is 0 Å². The van der Waals surface area contributed by atoms with Crippen molar-refractivity contribution in [3.8, 4) is 0 Å². The summed E-state index contributed by atoms with van der Waals surface area (Å²) in [5, 5.41) is 0. The highest BCUT2D eigenvalue weighted by molar-refractivity contribution is 5.73. The van der Waals surface area contributed by atoms with E-state index in [-0.39, 0.29) is 29.1 Å². The van der Waals surface area contributed by atoms with Crippen LogP contribution in [-0.2, 0) is 19.1 Å². The zero-order chi connectivity index (χ0) is 15.8. The van der Waals surface area contributed by atoms with E-state index in [0.29, 0.717) is 6.54 Å². The van der Waals surface area contributed by atoms with Crippen LogP contribution in [0, 0.1) is 11.3 Å². The summed E-state index contributed by atoms with van der Waals surface area (Å²) in [7, 11) is 0. The van der Waals surface area contributed by atoms with Gasteiger partial charge in [0.05, 0.1) is 5.92 Å². The van der Waals surface area contributed by atoms with E-state index in [2.05, 4.69) is 6.92 Å². The highest BCUT2D eigenvalue weighted by atomic mass is 16.6. The van der Waals surface area contributed by atoms with E-state index in [1.54, 1.807) is 0 Å². The number of carbonyl (C=O) groups excluding carboxylic acids is 3. The molecule has 2 N–H and O–H groups in total. The van der Waals surface area contributed by atoms with Gasteiger partial charge in [0.1, 0.15) is 5.60 Å². The topological polar surface area (TPSA) is 86.5 Å². The van der Waals surface area contributed by atoms with Crippen LogP contribution in [0.1, 0.15) is 59.8 Å². The molecule has 20 heavy (non-hydrogen) atoms. The van der Waals surface area contributed by atoms with Crippen LogP contribution in [0.4, 0.5) is 0 Å². The average molecular weight is 285 g/mol. The minimum absolute atomic E-state index is 0.0380. The first-order valence-corrected chi connectivity index (χ1v) is 7.16. The second-order valence-corrected chi connectivity index (χ2v) is 6.51. The number of carbonyl (C=O) groups is 1. The highest BCUT2D eigenvalue weighted by Gasteiger charge is 2.41. The van der Waals surface area contributed by atoms with Crippen molar-refractivity contribution in [1.82, 2.24) is 0 Å². The molecule has 1 aliphatic carbocycles. The molecule has 2 atom stereocenters. The van der Waals surface area contributed by atoms with Gasteiger partial charge in [-0.25, -0.2) is 0 Å². The average Bonchev–Trinajstić information content (AvgIpc) is 2.74. The van der Waals surface area contributed by atoms with Crippen LogP contribution < -0.4 is 5.73 Å². The fourth-order valence-corrected chi connectivity index (χ4v) is 2.84. The SMILES string of the molecule is CCCC1(CN)CC[C@H](C(=O)OC(C)(C)C)C1.O=C=O. The Morgan fingerprint density at radius 3 is 2.35 bits per heavy atom. The Hall–Kier alpha value is -1.19. The van der Waals surface area contributed by atoms with Gasteiger partial charge in [0, 0.05) is 0 Å². The summed E-state index contributed by atoms with van der Waals surface area (Å²) in [6.07, 6.45) is 5.43. The molecule has 0 radical (unpaired) electrons. The van der Waals surface area contributed by atoms with E-state index >= 15 is 0 Å². The highest BCUT2D eigenvalue weighted by Crippen LogP contribution is 2.45. The lowest BCUT2D eigenvalue weighted by Gasteiger charge is -2.27. The smallest absolute Gasteiger partial charge is 0.373 e. The quantitative estimate of drug-likeness (QED) is 0.801. The summed E-state index contributed by atoms with van der Waals surface area (Å²) in [4.78, 5) is 28.3. The Morgan fingerprint density at radius 1 is 1.40 bits per heavy atom. The molecule has 5 nitrogen and oxygen atoms in total. The lowest BCUT2D eigenvalue weighted by atomic mass is 9.81. The number of rotatable bonds is 4. The van der Waals surface area contributed by atoms with Crippen LogP contribution in [0.15, 0.2) is 0 Å². The molecular formula is C15H27NO4. The van der Waals surface area contributed by atoms with Crippen LogP contribution >= 0.6 is 0 Å². The minimum atomic E-state index is -0.379. The third-order valence-electron chi connectivity index (χ3n) is 3.66. The molecule has 1 unspecified atom stereocenters. The first-order valence-electron chi connectivity index (χ1n) is 7.16. The first-order chi connectivity index (χ1) is 9.23. The van der Waals surface area contributed by atoms with Gasteiger partial charge in [0.2, 0.25) is 0 Å². The Bertz CT molecular complexity index is 342. The lowest BCUT2D eigenvalue weighted by Crippen LogP contribution is -2.31. The van der Waals surface area contributed by atoms with E-state index in [1.807, 2.05) is 20.8 Å². The van der Waals surface area contributed by atoms with Gasteiger partial charge in [-0.05, 0) is 58.4 Å². The monoisotopic (exact) mass is 285 g/mol. The molecule has 116 valence electrons. The first kappa shape index (κ1) is 18.8.